The molecule has 1 amide bonds. The van der Waals surface area contributed by atoms with Gasteiger partial charge in [-0.1, -0.05) is 11.8 Å². The molecule has 0 atom stereocenters. The first-order valence-electron chi connectivity index (χ1n) is 5.43. The Hall–Kier alpha value is -2.78. The van der Waals surface area contributed by atoms with Crippen molar-refractivity contribution in [2.24, 2.45) is 0 Å². The maximum absolute atomic E-state index is 11.8. The van der Waals surface area contributed by atoms with Gasteiger partial charge in [0.05, 0.1) is 18.0 Å². The number of anilines is 1. The number of carbonyl (C=O) groups is 1. The zero-order valence-electron chi connectivity index (χ0n) is 9.87. The number of rotatable bonds is 2. The summed E-state index contributed by atoms with van der Waals surface area (Å²) in [7, 11) is 0. The van der Waals surface area contributed by atoms with Crippen LogP contribution in [0, 0.1) is 11.8 Å². The van der Waals surface area contributed by atoms with Crippen LogP contribution in [0.4, 0.5) is 5.82 Å². The zero-order valence-corrected chi connectivity index (χ0v) is 9.87. The van der Waals surface area contributed by atoms with Crippen molar-refractivity contribution in [1.29, 1.82) is 0 Å². The molecule has 94 valence electrons. The van der Waals surface area contributed by atoms with Crippen molar-refractivity contribution in [3.8, 4) is 11.8 Å². The van der Waals surface area contributed by atoms with E-state index in [0.29, 0.717) is 16.9 Å². The molecule has 0 radical (unpaired) electrons. The Morgan fingerprint density at radius 2 is 2.21 bits per heavy atom. The Morgan fingerprint density at radius 1 is 1.32 bits per heavy atom. The lowest BCUT2D eigenvalue weighted by Crippen LogP contribution is -2.13. The van der Waals surface area contributed by atoms with Crippen LogP contribution in [0.25, 0.3) is 0 Å². The van der Waals surface area contributed by atoms with Gasteiger partial charge in [-0.15, -0.1) is 0 Å². The Morgan fingerprint density at radius 3 is 2.95 bits per heavy atom. The highest BCUT2D eigenvalue weighted by molar-refractivity contribution is 6.03. The van der Waals surface area contributed by atoms with E-state index >= 15 is 0 Å². The van der Waals surface area contributed by atoms with Crippen molar-refractivity contribution in [3.05, 3.63) is 47.9 Å². The van der Waals surface area contributed by atoms with E-state index in [-0.39, 0.29) is 12.5 Å². The first kappa shape index (κ1) is 12.7. The van der Waals surface area contributed by atoms with Crippen LogP contribution >= 0.6 is 0 Å². The molecule has 0 unspecified atom stereocenters. The normalized spacial score (nSPS) is 9.32. The molecule has 0 aliphatic heterocycles. The van der Waals surface area contributed by atoms with E-state index in [1.807, 2.05) is 0 Å². The minimum atomic E-state index is -0.324. The maximum Gasteiger partial charge on any atom is 0.258 e. The van der Waals surface area contributed by atoms with Crippen LogP contribution < -0.4 is 5.32 Å². The molecule has 2 aromatic rings. The number of carbonyl (C=O) groups excluding carboxylic acids is 1. The van der Waals surface area contributed by atoms with Crippen LogP contribution in [0.3, 0.4) is 0 Å². The summed E-state index contributed by atoms with van der Waals surface area (Å²) in [6, 6.07) is 4.86. The number of nitrogens with zero attached hydrogens (tertiary/aromatic N) is 3. The third kappa shape index (κ3) is 3.59. The molecule has 6 heteroatoms. The Labute approximate surface area is 109 Å². The molecule has 2 rings (SSSR count). The number of amides is 1. The van der Waals surface area contributed by atoms with Gasteiger partial charge in [0.15, 0.2) is 0 Å². The average molecular weight is 254 g/mol. The van der Waals surface area contributed by atoms with Crippen molar-refractivity contribution in [2.75, 3.05) is 11.9 Å². The molecule has 0 bridgehead atoms. The predicted octanol–water partition coefficient (Wildman–Crippen LogP) is 0.468. The molecule has 0 saturated heterocycles. The summed E-state index contributed by atoms with van der Waals surface area (Å²) >= 11 is 0. The SMILES string of the molecule is O=C(Nc1cc(C#CCO)ccn1)c1ccnnc1. The Balaban J connectivity index is 2.13. The summed E-state index contributed by atoms with van der Waals surface area (Å²) in [5.41, 5.74) is 1.05. The van der Waals surface area contributed by atoms with Gasteiger partial charge in [0.1, 0.15) is 12.4 Å². The van der Waals surface area contributed by atoms with E-state index in [1.54, 1.807) is 18.2 Å². The third-order valence-corrected chi connectivity index (χ3v) is 2.16. The minimum Gasteiger partial charge on any atom is -0.384 e. The number of hydrogen-bond acceptors (Lipinski definition) is 5. The van der Waals surface area contributed by atoms with E-state index in [9.17, 15) is 4.79 Å². The van der Waals surface area contributed by atoms with Crippen molar-refractivity contribution in [2.45, 2.75) is 0 Å². The number of pyridine rings is 1. The topological polar surface area (TPSA) is 88.0 Å². The van der Waals surface area contributed by atoms with Crippen molar-refractivity contribution in [1.82, 2.24) is 15.2 Å². The smallest absolute Gasteiger partial charge is 0.258 e. The molecule has 2 heterocycles. The van der Waals surface area contributed by atoms with Crippen LogP contribution in [-0.4, -0.2) is 32.8 Å². The lowest BCUT2D eigenvalue weighted by atomic mass is 10.2. The molecule has 0 fully saturated rings. The second-order valence-electron chi connectivity index (χ2n) is 3.47. The molecule has 0 spiro atoms. The maximum atomic E-state index is 11.8. The fourth-order valence-electron chi connectivity index (χ4n) is 1.33. The summed E-state index contributed by atoms with van der Waals surface area (Å²) in [6.07, 6.45) is 4.33. The second-order valence-corrected chi connectivity index (χ2v) is 3.47. The van der Waals surface area contributed by atoms with Gasteiger partial charge >= 0.3 is 0 Å². The molecular weight excluding hydrogens is 244 g/mol. The molecule has 0 aliphatic rings. The van der Waals surface area contributed by atoms with Crippen LogP contribution in [0.15, 0.2) is 36.8 Å². The molecular formula is C13H10N4O2. The van der Waals surface area contributed by atoms with E-state index in [4.69, 9.17) is 5.11 Å². The molecule has 2 aromatic heterocycles. The number of nitrogens with one attached hydrogen (secondary N) is 1. The Kier molecular flexibility index (Phi) is 4.16. The third-order valence-electron chi connectivity index (χ3n) is 2.16. The van der Waals surface area contributed by atoms with E-state index in [1.165, 1.54) is 18.6 Å². The number of aliphatic hydroxyl groups is 1. The van der Waals surface area contributed by atoms with Gasteiger partial charge in [-0.2, -0.15) is 10.2 Å². The summed E-state index contributed by atoms with van der Waals surface area (Å²) < 4.78 is 0. The first-order chi connectivity index (χ1) is 9.29. The molecule has 2 N–H and O–H groups in total. The highest BCUT2D eigenvalue weighted by atomic mass is 16.2. The second kappa shape index (κ2) is 6.23. The monoisotopic (exact) mass is 254 g/mol. The molecule has 0 aliphatic carbocycles. The van der Waals surface area contributed by atoms with Crippen molar-refractivity contribution < 1.29 is 9.90 Å². The molecule has 0 aromatic carbocycles. The summed E-state index contributed by atoms with van der Waals surface area (Å²) in [4.78, 5) is 15.9. The van der Waals surface area contributed by atoms with Crippen molar-refractivity contribution >= 4 is 11.7 Å². The van der Waals surface area contributed by atoms with Crippen LogP contribution in [0.2, 0.25) is 0 Å². The largest absolute Gasteiger partial charge is 0.384 e. The van der Waals surface area contributed by atoms with Gasteiger partial charge < -0.3 is 10.4 Å². The van der Waals surface area contributed by atoms with E-state index in [2.05, 4.69) is 32.3 Å². The minimum absolute atomic E-state index is 0.216. The van der Waals surface area contributed by atoms with Crippen LogP contribution in [-0.2, 0) is 0 Å². The van der Waals surface area contributed by atoms with Gasteiger partial charge in [0.2, 0.25) is 0 Å². The fraction of sp³-hybridized carbons (Fsp3) is 0.0769. The summed E-state index contributed by atoms with van der Waals surface area (Å²) in [6.45, 7) is -0.216. The number of aromatic nitrogens is 3. The summed E-state index contributed by atoms with van der Waals surface area (Å²) in [5.74, 6) is 5.31. The molecule has 6 nitrogen and oxygen atoms in total. The van der Waals surface area contributed by atoms with Crippen molar-refractivity contribution in [3.63, 3.8) is 0 Å². The van der Waals surface area contributed by atoms with E-state index < -0.39 is 0 Å². The highest BCUT2D eigenvalue weighted by Crippen LogP contribution is 2.07. The van der Waals surface area contributed by atoms with Gasteiger partial charge in [0, 0.05) is 11.8 Å². The Bertz CT molecular complexity index is 632. The number of aliphatic hydroxyl groups excluding tert-OH is 1. The molecule has 0 saturated carbocycles. The van der Waals surface area contributed by atoms with Gasteiger partial charge in [-0.3, -0.25) is 4.79 Å². The zero-order chi connectivity index (χ0) is 13.5. The lowest BCUT2D eigenvalue weighted by molar-refractivity contribution is 0.102. The average Bonchev–Trinajstić information content (AvgIpc) is 2.46. The van der Waals surface area contributed by atoms with Gasteiger partial charge in [-0.25, -0.2) is 4.98 Å². The van der Waals surface area contributed by atoms with E-state index in [0.717, 1.165) is 0 Å². The first-order valence-corrected chi connectivity index (χ1v) is 5.43. The van der Waals surface area contributed by atoms with Crippen LogP contribution in [0.5, 0.6) is 0 Å². The highest BCUT2D eigenvalue weighted by Gasteiger charge is 2.06. The summed E-state index contributed by atoms with van der Waals surface area (Å²) in [5, 5.41) is 18.5. The van der Waals surface area contributed by atoms with Gasteiger partial charge in [0.25, 0.3) is 5.91 Å². The van der Waals surface area contributed by atoms with Crippen LogP contribution in [0.1, 0.15) is 15.9 Å². The quantitative estimate of drug-likeness (QED) is 0.760. The standard InChI is InChI=1S/C13H10N4O2/c18-7-1-2-10-3-5-14-12(8-10)17-13(19)11-4-6-15-16-9-11/h3-6,8-9,18H,7H2,(H,14,17,19). The lowest BCUT2D eigenvalue weighted by Gasteiger charge is -2.03. The van der Waals surface area contributed by atoms with Gasteiger partial charge in [-0.05, 0) is 18.2 Å². The molecule has 19 heavy (non-hydrogen) atoms. The predicted molar refractivity (Wildman–Crippen MR) is 68.2 cm³/mol. The number of hydrogen-bond donors (Lipinski definition) is 2. The fourth-order valence-corrected chi connectivity index (χ4v) is 1.33.